The first kappa shape index (κ1) is 16.0. The monoisotopic (exact) mass is 616 g/mol. The van der Waals surface area contributed by atoms with E-state index in [1.807, 2.05) is 81.0 Å². The second-order valence-electron chi connectivity index (χ2n) is 2.63. The van der Waals surface area contributed by atoms with E-state index in [-0.39, 0.29) is 27.7 Å². The van der Waals surface area contributed by atoms with Crippen molar-refractivity contribution in [2.45, 2.75) is 0 Å². The SMILES string of the molecule is [Hg].[Te]c1ccccc1.[Te]c1ccccc1. The maximum absolute atomic E-state index is 2.09. The Morgan fingerprint density at radius 3 is 0.933 bits per heavy atom. The summed E-state index contributed by atoms with van der Waals surface area (Å²) in [7, 11) is 0. The van der Waals surface area contributed by atoms with Crippen molar-refractivity contribution >= 4 is 51.8 Å². The van der Waals surface area contributed by atoms with Gasteiger partial charge in [0.15, 0.2) is 0 Å². The van der Waals surface area contributed by atoms with Crippen LogP contribution in [0.15, 0.2) is 60.7 Å². The van der Waals surface area contributed by atoms with Gasteiger partial charge in [-0.05, 0) is 0 Å². The van der Waals surface area contributed by atoms with E-state index in [2.05, 4.69) is 24.3 Å². The molecule has 0 N–H and O–H groups in total. The van der Waals surface area contributed by atoms with Crippen molar-refractivity contribution in [1.29, 1.82) is 0 Å². The minimum absolute atomic E-state index is 0. The molecule has 0 aliphatic rings. The molecule has 0 bridgehead atoms. The predicted octanol–water partition coefficient (Wildman–Crippen LogP) is 0.958. The Morgan fingerprint density at radius 1 is 0.533 bits per heavy atom. The quantitative estimate of drug-likeness (QED) is 0.391. The molecule has 0 spiro atoms. The molecule has 0 amide bonds. The molecule has 2 radical (unpaired) electrons. The number of hydrogen-bond acceptors (Lipinski definition) is 0. The van der Waals surface area contributed by atoms with Gasteiger partial charge in [-0.15, -0.1) is 0 Å². The van der Waals surface area contributed by atoms with Gasteiger partial charge in [-0.1, -0.05) is 0 Å². The van der Waals surface area contributed by atoms with Crippen molar-refractivity contribution in [3.8, 4) is 0 Å². The third kappa shape index (κ3) is 8.73. The number of rotatable bonds is 0. The van der Waals surface area contributed by atoms with Crippen LogP contribution in [0.5, 0.6) is 0 Å². The number of benzene rings is 2. The van der Waals surface area contributed by atoms with Crippen LogP contribution in [0.4, 0.5) is 0 Å². The molecule has 0 unspecified atom stereocenters. The van der Waals surface area contributed by atoms with Gasteiger partial charge in [-0.3, -0.25) is 0 Å². The van der Waals surface area contributed by atoms with Crippen LogP contribution in [0.3, 0.4) is 0 Å². The van der Waals surface area contributed by atoms with E-state index in [0.717, 1.165) is 0 Å². The van der Waals surface area contributed by atoms with Crippen LogP contribution >= 0.6 is 0 Å². The van der Waals surface area contributed by atoms with Gasteiger partial charge in [0.2, 0.25) is 0 Å². The molecular weight excluding hydrogens is 600 g/mol. The van der Waals surface area contributed by atoms with E-state index in [1.165, 1.54) is 7.22 Å². The van der Waals surface area contributed by atoms with Gasteiger partial charge in [0.05, 0.1) is 0 Å². The van der Waals surface area contributed by atoms with Crippen LogP contribution < -0.4 is 7.22 Å². The van der Waals surface area contributed by atoms with Gasteiger partial charge in [0.1, 0.15) is 0 Å². The summed E-state index contributed by atoms with van der Waals surface area (Å²) in [6.45, 7) is 0. The van der Waals surface area contributed by atoms with Crippen LogP contribution in [0.1, 0.15) is 0 Å². The van der Waals surface area contributed by atoms with Gasteiger partial charge >= 0.3 is 112 Å². The van der Waals surface area contributed by atoms with E-state index in [0.29, 0.717) is 0 Å². The molecule has 0 fully saturated rings. The standard InChI is InChI=1S/2C6H5Te.Hg/c2*7-6-4-2-1-3-5-6;/h2*1-5H;. The Hall–Kier alpha value is 0.954. The van der Waals surface area contributed by atoms with Crippen LogP contribution in [-0.4, -0.2) is 44.6 Å². The Balaban J connectivity index is 0.000000245. The average molecular weight is 610 g/mol. The molecule has 0 aromatic heterocycles. The summed E-state index contributed by atoms with van der Waals surface area (Å²) in [5.74, 6) is 0. The summed E-state index contributed by atoms with van der Waals surface area (Å²) in [6, 6.07) is 20.6. The van der Waals surface area contributed by atoms with Crippen LogP contribution in [0, 0.1) is 0 Å². The molecule has 0 heterocycles. The summed E-state index contributed by atoms with van der Waals surface area (Å²) in [4.78, 5) is 0. The van der Waals surface area contributed by atoms with Crippen molar-refractivity contribution in [2.75, 3.05) is 0 Å². The molecule has 0 aliphatic heterocycles. The van der Waals surface area contributed by atoms with Gasteiger partial charge in [-0.25, -0.2) is 0 Å². The zero-order valence-electron chi connectivity index (χ0n) is 8.30. The van der Waals surface area contributed by atoms with Crippen molar-refractivity contribution in [3.05, 3.63) is 60.7 Å². The Kier molecular flexibility index (Phi) is 10.8. The van der Waals surface area contributed by atoms with E-state index in [9.17, 15) is 0 Å². The van der Waals surface area contributed by atoms with Gasteiger partial charge in [0.25, 0.3) is 0 Å². The fraction of sp³-hybridized carbons (Fsp3) is 0. The fourth-order valence-corrected chi connectivity index (χ4v) is 1.74. The van der Waals surface area contributed by atoms with Crippen LogP contribution in [0.25, 0.3) is 0 Å². The summed E-state index contributed by atoms with van der Waals surface area (Å²) in [6.07, 6.45) is 0. The van der Waals surface area contributed by atoms with Crippen molar-refractivity contribution < 1.29 is 27.7 Å². The minimum atomic E-state index is 0. The van der Waals surface area contributed by atoms with Crippen molar-refractivity contribution in [3.63, 3.8) is 0 Å². The van der Waals surface area contributed by atoms with E-state index in [1.54, 1.807) is 0 Å². The summed E-state index contributed by atoms with van der Waals surface area (Å²) in [5, 5.41) is 0. The van der Waals surface area contributed by atoms with Gasteiger partial charge in [0, 0.05) is 27.7 Å². The molecule has 2 rings (SSSR count). The molecule has 0 nitrogen and oxygen atoms in total. The third-order valence-corrected chi connectivity index (χ3v) is 3.04. The second-order valence-corrected chi connectivity index (χ2v) is 5.32. The zero-order valence-corrected chi connectivity index (χ0v) is 18.5. The van der Waals surface area contributed by atoms with Crippen molar-refractivity contribution in [2.24, 2.45) is 0 Å². The molecule has 72 valence electrons. The van der Waals surface area contributed by atoms with E-state index < -0.39 is 0 Å². The van der Waals surface area contributed by atoms with Gasteiger partial charge in [-0.2, -0.15) is 0 Å². The average Bonchev–Trinajstić information content (AvgIpc) is 2.21. The summed E-state index contributed by atoms with van der Waals surface area (Å²) in [5.41, 5.74) is 0. The molecule has 15 heavy (non-hydrogen) atoms. The molecule has 0 saturated carbocycles. The molecule has 0 atom stereocenters. The van der Waals surface area contributed by atoms with Crippen LogP contribution in [-0.2, 0) is 27.7 Å². The maximum atomic E-state index is 2.09. The fourth-order valence-electron chi connectivity index (χ4n) is 0.841. The Morgan fingerprint density at radius 2 is 0.800 bits per heavy atom. The third-order valence-electron chi connectivity index (χ3n) is 1.49. The van der Waals surface area contributed by atoms with Gasteiger partial charge < -0.3 is 0 Å². The van der Waals surface area contributed by atoms with Crippen LogP contribution in [0.2, 0.25) is 0 Å². The van der Waals surface area contributed by atoms with E-state index >= 15 is 0 Å². The normalized spacial score (nSPS) is 8.00. The molecule has 0 saturated heterocycles. The molecule has 0 aliphatic carbocycles. The first-order valence-corrected chi connectivity index (χ1v) is 6.56. The first-order chi connectivity index (χ1) is 6.79. The Bertz CT molecular complexity index is 311. The summed E-state index contributed by atoms with van der Waals surface area (Å²) >= 11 is 4.04. The molecule has 3 heteroatoms. The molecular formula is C12H10HgTe2. The first-order valence-electron chi connectivity index (χ1n) is 4.23. The zero-order chi connectivity index (χ0) is 10.2. The molecule has 2 aromatic carbocycles. The molecule has 2 aromatic rings. The predicted molar refractivity (Wildman–Crippen MR) is 63.7 cm³/mol. The summed E-state index contributed by atoms with van der Waals surface area (Å²) < 4.78 is 2.66. The second kappa shape index (κ2) is 10.1. The Labute approximate surface area is 138 Å². The van der Waals surface area contributed by atoms with Crippen molar-refractivity contribution in [1.82, 2.24) is 0 Å². The van der Waals surface area contributed by atoms with E-state index in [4.69, 9.17) is 0 Å². The topological polar surface area (TPSA) is 0 Å². The number of hydrogen-bond donors (Lipinski definition) is 0.